The number of hydrogen-bond donors (Lipinski definition) is 1. The molecule has 2 aliphatic heterocycles. The Balaban J connectivity index is 1.89. The molecule has 2 saturated heterocycles. The highest BCUT2D eigenvalue weighted by atomic mass is 16.2. The number of nitrogens with zero attached hydrogens (tertiary/aromatic N) is 2. The van der Waals surface area contributed by atoms with Gasteiger partial charge in [-0.2, -0.15) is 0 Å². The molecule has 1 atom stereocenters. The lowest BCUT2D eigenvalue weighted by Gasteiger charge is -2.28. The Labute approximate surface area is 85.2 Å². The molecule has 0 unspecified atom stereocenters. The summed E-state index contributed by atoms with van der Waals surface area (Å²) in [6.07, 6.45) is 3.43. The van der Waals surface area contributed by atoms with Gasteiger partial charge in [0.25, 0.3) is 0 Å². The predicted octanol–water partition coefficient (Wildman–Crippen LogP) is 0.496. The van der Waals surface area contributed by atoms with Crippen LogP contribution in [-0.2, 0) is 0 Å². The van der Waals surface area contributed by atoms with Crippen molar-refractivity contribution in [3.8, 4) is 0 Å². The molecule has 1 N–H and O–H groups in total. The van der Waals surface area contributed by atoms with Crippen LogP contribution in [0, 0.1) is 0 Å². The van der Waals surface area contributed by atoms with Crippen molar-refractivity contribution in [1.29, 1.82) is 0 Å². The maximum atomic E-state index is 12.0. The predicted molar refractivity (Wildman–Crippen MR) is 55.2 cm³/mol. The van der Waals surface area contributed by atoms with Crippen LogP contribution in [0.25, 0.3) is 0 Å². The Hall–Kier alpha value is -0.770. The largest absolute Gasteiger partial charge is 0.325 e. The molecule has 4 heteroatoms. The number of likely N-dealkylation sites (tertiary alicyclic amines) is 1. The van der Waals surface area contributed by atoms with Gasteiger partial charge in [-0.3, -0.25) is 0 Å². The third kappa shape index (κ3) is 1.85. The Bertz CT molecular complexity index is 207. The van der Waals surface area contributed by atoms with Gasteiger partial charge in [0, 0.05) is 32.7 Å². The fraction of sp³-hybridized carbons (Fsp3) is 0.900. The van der Waals surface area contributed by atoms with E-state index in [-0.39, 0.29) is 6.03 Å². The minimum absolute atomic E-state index is 0.219. The normalized spacial score (nSPS) is 26.9. The molecule has 2 amide bonds. The maximum absolute atomic E-state index is 12.0. The molecule has 0 radical (unpaired) electrons. The third-order valence-corrected chi connectivity index (χ3v) is 3.26. The molecule has 0 spiro atoms. The van der Waals surface area contributed by atoms with Crippen molar-refractivity contribution in [2.75, 3.05) is 33.2 Å². The number of amides is 2. The highest BCUT2D eigenvalue weighted by Crippen LogP contribution is 2.13. The van der Waals surface area contributed by atoms with Crippen LogP contribution in [-0.4, -0.2) is 55.1 Å². The minimum atomic E-state index is 0.219. The van der Waals surface area contributed by atoms with Gasteiger partial charge in [0.2, 0.25) is 0 Å². The van der Waals surface area contributed by atoms with Gasteiger partial charge in [0.1, 0.15) is 0 Å². The number of carbonyl (C=O) groups is 1. The van der Waals surface area contributed by atoms with Gasteiger partial charge in [0.05, 0.1) is 0 Å². The molecular formula is C10H19N3O. The summed E-state index contributed by atoms with van der Waals surface area (Å²) in [5.74, 6) is 0. The molecule has 2 rings (SSSR count). The van der Waals surface area contributed by atoms with Crippen LogP contribution in [0.5, 0.6) is 0 Å². The number of hydrogen-bond acceptors (Lipinski definition) is 2. The van der Waals surface area contributed by atoms with Crippen molar-refractivity contribution in [3.05, 3.63) is 0 Å². The van der Waals surface area contributed by atoms with Gasteiger partial charge in [-0.15, -0.1) is 0 Å². The Morgan fingerprint density at radius 1 is 1.43 bits per heavy atom. The van der Waals surface area contributed by atoms with Crippen molar-refractivity contribution >= 4 is 6.03 Å². The maximum Gasteiger partial charge on any atom is 0.320 e. The topological polar surface area (TPSA) is 35.6 Å². The zero-order valence-electron chi connectivity index (χ0n) is 8.83. The van der Waals surface area contributed by atoms with Gasteiger partial charge in [-0.25, -0.2) is 4.79 Å². The molecule has 0 bridgehead atoms. The van der Waals surface area contributed by atoms with E-state index in [0.717, 1.165) is 32.6 Å². The summed E-state index contributed by atoms with van der Waals surface area (Å²) in [5.41, 5.74) is 0. The summed E-state index contributed by atoms with van der Waals surface area (Å²) < 4.78 is 0. The number of urea groups is 1. The Morgan fingerprint density at radius 2 is 2.14 bits per heavy atom. The molecule has 0 aromatic carbocycles. The van der Waals surface area contributed by atoms with E-state index in [1.807, 2.05) is 16.8 Å². The first-order chi connectivity index (χ1) is 6.79. The lowest BCUT2D eigenvalue weighted by Crippen LogP contribution is -2.45. The third-order valence-electron chi connectivity index (χ3n) is 3.26. The lowest BCUT2D eigenvalue weighted by atomic mass is 10.2. The zero-order valence-corrected chi connectivity index (χ0v) is 8.83. The fourth-order valence-corrected chi connectivity index (χ4v) is 2.26. The second kappa shape index (κ2) is 4.17. The van der Waals surface area contributed by atoms with Crippen LogP contribution < -0.4 is 5.32 Å². The lowest BCUT2D eigenvalue weighted by molar-refractivity contribution is 0.159. The van der Waals surface area contributed by atoms with Crippen LogP contribution in [0.3, 0.4) is 0 Å². The monoisotopic (exact) mass is 197 g/mol. The van der Waals surface area contributed by atoms with Crippen molar-refractivity contribution < 1.29 is 4.79 Å². The zero-order chi connectivity index (χ0) is 9.97. The average molecular weight is 197 g/mol. The average Bonchev–Trinajstić information content (AvgIpc) is 2.87. The fourth-order valence-electron chi connectivity index (χ4n) is 2.26. The SMILES string of the molecule is CN(C(=O)N1CCCC1)[C@@H]1CCNC1. The first kappa shape index (κ1) is 9.77. The van der Waals surface area contributed by atoms with Crippen molar-refractivity contribution in [2.24, 2.45) is 0 Å². The number of carbonyl (C=O) groups excluding carboxylic acids is 1. The highest BCUT2D eigenvalue weighted by Gasteiger charge is 2.27. The number of rotatable bonds is 1. The summed E-state index contributed by atoms with van der Waals surface area (Å²) in [7, 11) is 1.93. The Kier molecular flexibility index (Phi) is 2.91. The quantitative estimate of drug-likeness (QED) is 0.664. The van der Waals surface area contributed by atoms with Crippen LogP contribution >= 0.6 is 0 Å². The van der Waals surface area contributed by atoms with Crippen LogP contribution in [0.2, 0.25) is 0 Å². The van der Waals surface area contributed by atoms with Gasteiger partial charge >= 0.3 is 6.03 Å². The molecule has 14 heavy (non-hydrogen) atoms. The molecule has 0 aromatic rings. The molecule has 80 valence electrons. The first-order valence-electron chi connectivity index (χ1n) is 5.51. The summed E-state index contributed by atoms with van der Waals surface area (Å²) in [6.45, 7) is 3.89. The van der Waals surface area contributed by atoms with E-state index in [9.17, 15) is 4.79 Å². The van der Waals surface area contributed by atoms with E-state index in [4.69, 9.17) is 0 Å². The van der Waals surface area contributed by atoms with Crippen LogP contribution in [0.1, 0.15) is 19.3 Å². The molecular weight excluding hydrogens is 178 g/mol. The summed E-state index contributed by atoms with van der Waals surface area (Å²) in [6, 6.07) is 0.624. The Morgan fingerprint density at radius 3 is 2.71 bits per heavy atom. The number of likely N-dealkylation sites (N-methyl/N-ethyl adjacent to an activating group) is 1. The second-order valence-corrected chi connectivity index (χ2v) is 4.23. The highest BCUT2D eigenvalue weighted by molar-refractivity contribution is 5.74. The molecule has 2 aliphatic rings. The van der Waals surface area contributed by atoms with Crippen LogP contribution in [0.15, 0.2) is 0 Å². The number of nitrogens with one attached hydrogen (secondary N) is 1. The minimum Gasteiger partial charge on any atom is -0.325 e. The summed E-state index contributed by atoms with van der Waals surface area (Å²) >= 11 is 0. The molecule has 0 aromatic heterocycles. The van der Waals surface area contributed by atoms with Gasteiger partial charge in [0.15, 0.2) is 0 Å². The standard InChI is InChI=1S/C10H19N3O/c1-12(9-4-5-11-8-9)10(14)13-6-2-3-7-13/h9,11H,2-8H2,1H3/t9-/m1/s1. The van der Waals surface area contributed by atoms with E-state index in [0.29, 0.717) is 6.04 Å². The van der Waals surface area contributed by atoms with Crippen molar-refractivity contribution in [3.63, 3.8) is 0 Å². The first-order valence-corrected chi connectivity index (χ1v) is 5.51. The van der Waals surface area contributed by atoms with E-state index in [2.05, 4.69) is 5.32 Å². The molecule has 2 heterocycles. The van der Waals surface area contributed by atoms with Gasteiger partial charge in [-0.1, -0.05) is 0 Å². The van der Waals surface area contributed by atoms with E-state index in [1.54, 1.807) is 0 Å². The van der Waals surface area contributed by atoms with Crippen molar-refractivity contribution in [2.45, 2.75) is 25.3 Å². The second-order valence-electron chi connectivity index (χ2n) is 4.23. The summed E-state index contributed by atoms with van der Waals surface area (Å²) in [4.78, 5) is 15.8. The smallest absolute Gasteiger partial charge is 0.320 e. The van der Waals surface area contributed by atoms with Crippen molar-refractivity contribution in [1.82, 2.24) is 15.1 Å². The van der Waals surface area contributed by atoms with Gasteiger partial charge in [-0.05, 0) is 25.8 Å². The molecule has 0 saturated carbocycles. The molecule has 2 fully saturated rings. The van der Waals surface area contributed by atoms with Crippen LogP contribution in [0.4, 0.5) is 4.79 Å². The van der Waals surface area contributed by atoms with Gasteiger partial charge < -0.3 is 15.1 Å². The van der Waals surface area contributed by atoms with E-state index in [1.165, 1.54) is 12.8 Å². The summed E-state index contributed by atoms with van der Waals surface area (Å²) in [5, 5.41) is 3.29. The van der Waals surface area contributed by atoms with E-state index < -0.39 is 0 Å². The van der Waals surface area contributed by atoms with E-state index >= 15 is 0 Å². The molecule has 0 aliphatic carbocycles. The molecule has 4 nitrogen and oxygen atoms in total.